The first kappa shape index (κ1) is 12.6. The van der Waals surface area contributed by atoms with Gasteiger partial charge in [-0.05, 0) is 32.3 Å². The van der Waals surface area contributed by atoms with Gasteiger partial charge in [0.05, 0.1) is 6.61 Å². The summed E-state index contributed by atoms with van der Waals surface area (Å²) < 4.78 is 5.35. The Balaban J connectivity index is 2.10. The van der Waals surface area contributed by atoms with E-state index in [4.69, 9.17) is 4.74 Å². The molecule has 1 aromatic carbocycles. The fraction of sp³-hybridized carbons (Fsp3) is 0.600. The zero-order valence-electron chi connectivity index (χ0n) is 11.1. The van der Waals surface area contributed by atoms with Crippen LogP contribution < -0.4 is 0 Å². The molecule has 0 aromatic heterocycles. The summed E-state index contributed by atoms with van der Waals surface area (Å²) in [6, 6.07) is 11.3. The quantitative estimate of drug-likeness (QED) is 0.792. The third-order valence-electron chi connectivity index (χ3n) is 3.86. The van der Waals surface area contributed by atoms with E-state index in [1.807, 2.05) is 0 Å². The summed E-state index contributed by atoms with van der Waals surface area (Å²) in [5.41, 5.74) is 1.68. The zero-order valence-corrected chi connectivity index (χ0v) is 11.1. The lowest BCUT2D eigenvalue weighted by Gasteiger charge is -2.35. The maximum absolute atomic E-state index is 5.35. The van der Waals surface area contributed by atoms with Crippen molar-refractivity contribution in [2.24, 2.45) is 0 Å². The van der Waals surface area contributed by atoms with Gasteiger partial charge in [0.15, 0.2) is 0 Å². The third kappa shape index (κ3) is 2.88. The van der Waals surface area contributed by atoms with Gasteiger partial charge in [-0.1, -0.05) is 30.3 Å². The molecule has 0 amide bonds. The van der Waals surface area contributed by atoms with Gasteiger partial charge in [0, 0.05) is 25.2 Å². The highest BCUT2D eigenvalue weighted by molar-refractivity contribution is 5.15. The average molecular weight is 233 g/mol. The van der Waals surface area contributed by atoms with E-state index < -0.39 is 0 Å². The van der Waals surface area contributed by atoms with Crippen molar-refractivity contribution in [2.45, 2.75) is 44.8 Å². The van der Waals surface area contributed by atoms with Crippen LogP contribution in [-0.4, -0.2) is 30.2 Å². The number of hydrogen-bond donors (Lipinski definition) is 0. The summed E-state index contributed by atoms with van der Waals surface area (Å²) in [4.78, 5) is 2.59. The predicted molar refractivity (Wildman–Crippen MR) is 71.0 cm³/mol. The molecule has 1 atom stereocenters. The number of methoxy groups -OCH3 is 1. The standard InChI is InChI=1S/C15H23NO/c1-15(2)10-9-14(12-17-3)16(15)11-13-7-5-4-6-8-13/h4-8,14H,9-12H2,1-3H3/t14-/m1/s1. The van der Waals surface area contributed by atoms with Crippen LogP contribution in [0.2, 0.25) is 0 Å². The summed E-state index contributed by atoms with van der Waals surface area (Å²) in [5, 5.41) is 0. The SMILES string of the molecule is COC[C@H]1CCC(C)(C)N1Cc1ccccc1. The number of rotatable bonds is 4. The van der Waals surface area contributed by atoms with Gasteiger partial charge in [-0.3, -0.25) is 4.90 Å². The molecule has 0 bridgehead atoms. The Hall–Kier alpha value is -0.860. The lowest BCUT2D eigenvalue weighted by molar-refractivity contribution is 0.0622. The normalized spacial score (nSPS) is 24.1. The maximum atomic E-state index is 5.35. The first-order valence-corrected chi connectivity index (χ1v) is 6.43. The van der Waals surface area contributed by atoms with E-state index in [2.05, 4.69) is 49.1 Å². The summed E-state index contributed by atoms with van der Waals surface area (Å²) >= 11 is 0. The molecule has 0 saturated carbocycles. The molecule has 2 heteroatoms. The number of hydrogen-bond acceptors (Lipinski definition) is 2. The Morgan fingerprint density at radius 3 is 2.65 bits per heavy atom. The number of likely N-dealkylation sites (tertiary alicyclic amines) is 1. The molecular formula is C15H23NO. The maximum Gasteiger partial charge on any atom is 0.0618 e. The molecule has 1 aromatic rings. The van der Waals surface area contributed by atoms with Crippen LogP contribution in [0.4, 0.5) is 0 Å². The smallest absolute Gasteiger partial charge is 0.0618 e. The molecule has 0 radical (unpaired) electrons. The van der Waals surface area contributed by atoms with Crippen LogP contribution in [0, 0.1) is 0 Å². The van der Waals surface area contributed by atoms with Crippen LogP contribution in [-0.2, 0) is 11.3 Å². The van der Waals surface area contributed by atoms with Crippen molar-refractivity contribution >= 4 is 0 Å². The molecule has 1 heterocycles. The minimum absolute atomic E-state index is 0.291. The van der Waals surface area contributed by atoms with Crippen molar-refractivity contribution in [3.63, 3.8) is 0 Å². The first-order chi connectivity index (χ1) is 8.13. The highest BCUT2D eigenvalue weighted by Gasteiger charge is 2.38. The van der Waals surface area contributed by atoms with Gasteiger partial charge in [-0.25, -0.2) is 0 Å². The van der Waals surface area contributed by atoms with Gasteiger partial charge in [-0.15, -0.1) is 0 Å². The molecule has 0 spiro atoms. The van der Waals surface area contributed by atoms with Gasteiger partial charge < -0.3 is 4.74 Å². The van der Waals surface area contributed by atoms with Crippen LogP contribution >= 0.6 is 0 Å². The molecule has 1 aliphatic heterocycles. The first-order valence-electron chi connectivity index (χ1n) is 6.43. The Morgan fingerprint density at radius 1 is 1.29 bits per heavy atom. The van der Waals surface area contributed by atoms with E-state index in [1.165, 1.54) is 18.4 Å². The molecule has 1 aliphatic rings. The molecule has 1 fully saturated rings. The van der Waals surface area contributed by atoms with Crippen LogP contribution in [0.1, 0.15) is 32.3 Å². The number of ether oxygens (including phenoxy) is 1. The molecule has 2 rings (SSSR count). The largest absolute Gasteiger partial charge is 0.383 e. The lowest BCUT2D eigenvalue weighted by Crippen LogP contribution is -2.43. The molecule has 1 saturated heterocycles. The Kier molecular flexibility index (Phi) is 3.85. The predicted octanol–water partition coefficient (Wildman–Crippen LogP) is 3.08. The van der Waals surface area contributed by atoms with Crippen molar-refractivity contribution in [3.05, 3.63) is 35.9 Å². The van der Waals surface area contributed by atoms with Gasteiger partial charge in [0.1, 0.15) is 0 Å². The van der Waals surface area contributed by atoms with Crippen molar-refractivity contribution in [1.82, 2.24) is 4.90 Å². The second-order valence-electron chi connectivity index (χ2n) is 5.57. The van der Waals surface area contributed by atoms with Gasteiger partial charge in [0.2, 0.25) is 0 Å². The topological polar surface area (TPSA) is 12.5 Å². The monoisotopic (exact) mass is 233 g/mol. The minimum Gasteiger partial charge on any atom is -0.383 e. The molecule has 2 nitrogen and oxygen atoms in total. The van der Waals surface area contributed by atoms with Gasteiger partial charge in [0.25, 0.3) is 0 Å². The van der Waals surface area contributed by atoms with E-state index in [9.17, 15) is 0 Å². The van der Waals surface area contributed by atoms with Crippen molar-refractivity contribution in [1.29, 1.82) is 0 Å². The molecule has 0 N–H and O–H groups in total. The Morgan fingerprint density at radius 2 is 2.00 bits per heavy atom. The second kappa shape index (κ2) is 5.19. The van der Waals surface area contributed by atoms with E-state index >= 15 is 0 Å². The number of nitrogens with zero attached hydrogens (tertiary/aromatic N) is 1. The van der Waals surface area contributed by atoms with E-state index in [0.717, 1.165) is 13.2 Å². The van der Waals surface area contributed by atoms with Crippen molar-refractivity contribution in [3.8, 4) is 0 Å². The second-order valence-corrected chi connectivity index (χ2v) is 5.57. The van der Waals surface area contributed by atoms with E-state index in [1.54, 1.807) is 7.11 Å². The summed E-state index contributed by atoms with van der Waals surface area (Å²) in [6.07, 6.45) is 2.50. The van der Waals surface area contributed by atoms with Crippen LogP contribution in [0.3, 0.4) is 0 Å². The highest BCUT2D eigenvalue weighted by atomic mass is 16.5. The highest BCUT2D eigenvalue weighted by Crippen LogP contribution is 2.34. The summed E-state index contributed by atoms with van der Waals surface area (Å²) in [7, 11) is 1.80. The molecule has 17 heavy (non-hydrogen) atoms. The Labute approximate surface area is 105 Å². The van der Waals surface area contributed by atoms with Crippen molar-refractivity contribution in [2.75, 3.05) is 13.7 Å². The third-order valence-corrected chi connectivity index (χ3v) is 3.86. The van der Waals surface area contributed by atoms with Crippen molar-refractivity contribution < 1.29 is 4.74 Å². The molecular weight excluding hydrogens is 210 g/mol. The summed E-state index contributed by atoms with van der Waals surface area (Å²) in [6.45, 7) is 6.55. The fourth-order valence-electron chi connectivity index (χ4n) is 2.80. The van der Waals surface area contributed by atoms with Crippen LogP contribution in [0.25, 0.3) is 0 Å². The van der Waals surface area contributed by atoms with Crippen LogP contribution in [0.15, 0.2) is 30.3 Å². The molecule has 94 valence electrons. The summed E-state index contributed by atoms with van der Waals surface area (Å²) in [5.74, 6) is 0. The minimum atomic E-state index is 0.291. The zero-order chi connectivity index (χ0) is 12.3. The van der Waals surface area contributed by atoms with E-state index in [0.29, 0.717) is 11.6 Å². The Bertz CT molecular complexity index is 347. The van der Waals surface area contributed by atoms with Gasteiger partial charge in [-0.2, -0.15) is 0 Å². The number of benzene rings is 1. The molecule has 0 aliphatic carbocycles. The fourth-order valence-corrected chi connectivity index (χ4v) is 2.80. The van der Waals surface area contributed by atoms with Crippen LogP contribution in [0.5, 0.6) is 0 Å². The average Bonchev–Trinajstić information content (AvgIpc) is 2.59. The molecule has 0 unspecified atom stereocenters. The lowest BCUT2D eigenvalue weighted by atomic mass is 10.0. The van der Waals surface area contributed by atoms with Gasteiger partial charge >= 0.3 is 0 Å². The van der Waals surface area contributed by atoms with E-state index in [-0.39, 0.29) is 0 Å².